The first kappa shape index (κ1) is 30.7. The van der Waals surface area contributed by atoms with Crippen LogP contribution in [0.2, 0.25) is 0 Å². The molecule has 2 fully saturated rings. The number of benzene rings is 6. The van der Waals surface area contributed by atoms with Gasteiger partial charge in [-0.25, -0.2) is 0 Å². The van der Waals surface area contributed by atoms with E-state index in [1.165, 1.54) is 93.7 Å². The molecule has 2 bridgehead atoms. The molecule has 4 atom stereocenters. The summed E-state index contributed by atoms with van der Waals surface area (Å²) in [6, 6.07) is 52.0. The highest BCUT2D eigenvalue weighted by Crippen LogP contribution is 2.65. The maximum Gasteiger partial charge on any atom is 0.131 e. The number of ether oxygens (including phenoxy) is 1. The van der Waals surface area contributed by atoms with Crippen LogP contribution in [0.3, 0.4) is 0 Å². The first-order valence-electron chi connectivity index (χ1n) is 19.1. The van der Waals surface area contributed by atoms with Gasteiger partial charge < -0.3 is 9.64 Å². The van der Waals surface area contributed by atoms with Crippen LogP contribution in [0.25, 0.3) is 22.3 Å². The fraction of sp³-hybridized carbons (Fsp3) is 0.265. The number of hydrogen-bond donors (Lipinski definition) is 0. The van der Waals surface area contributed by atoms with Crippen molar-refractivity contribution in [3.05, 3.63) is 162 Å². The summed E-state index contributed by atoms with van der Waals surface area (Å²) in [6.07, 6.45) is 6.43. The van der Waals surface area contributed by atoms with Crippen LogP contribution in [-0.4, -0.2) is 0 Å². The highest BCUT2D eigenvalue weighted by Gasteiger charge is 2.56. The first-order valence-corrected chi connectivity index (χ1v) is 19.1. The molecule has 0 radical (unpaired) electrons. The van der Waals surface area contributed by atoms with Crippen LogP contribution in [0, 0.1) is 17.8 Å². The molecule has 0 amide bonds. The van der Waals surface area contributed by atoms with Gasteiger partial charge in [0, 0.05) is 38.9 Å². The summed E-state index contributed by atoms with van der Waals surface area (Å²) in [6.45, 7) is 7.24. The summed E-state index contributed by atoms with van der Waals surface area (Å²) < 4.78 is 6.84. The number of rotatable bonds is 4. The second-order valence-corrected chi connectivity index (χ2v) is 16.2. The summed E-state index contributed by atoms with van der Waals surface area (Å²) in [5.74, 6) is 4.04. The van der Waals surface area contributed by atoms with E-state index in [1.54, 1.807) is 0 Å². The molecule has 6 aromatic rings. The second kappa shape index (κ2) is 11.5. The fourth-order valence-electron chi connectivity index (χ4n) is 11.0. The van der Waals surface area contributed by atoms with E-state index in [0.29, 0.717) is 11.8 Å². The van der Waals surface area contributed by atoms with Crippen molar-refractivity contribution in [2.75, 3.05) is 4.90 Å². The molecule has 0 aromatic heterocycles. The highest BCUT2D eigenvalue weighted by molar-refractivity contribution is 5.91. The molecular formula is C49H45NO. The van der Waals surface area contributed by atoms with Gasteiger partial charge in [0.05, 0.1) is 5.69 Å². The summed E-state index contributed by atoms with van der Waals surface area (Å²) in [5.41, 5.74) is 14.1. The van der Waals surface area contributed by atoms with Crippen LogP contribution in [-0.2, 0) is 10.8 Å². The summed E-state index contributed by atoms with van der Waals surface area (Å²) in [5, 5.41) is 0. The molecule has 6 aromatic carbocycles. The monoisotopic (exact) mass is 663 g/mol. The van der Waals surface area contributed by atoms with Crippen LogP contribution in [0.4, 0.5) is 17.1 Å². The van der Waals surface area contributed by atoms with E-state index < -0.39 is 0 Å². The molecule has 252 valence electrons. The molecular weight excluding hydrogens is 619 g/mol. The van der Waals surface area contributed by atoms with E-state index >= 15 is 0 Å². The maximum absolute atomic E-state index is 6.84. The van der Waals surface area contributed by atoms with E-state index in [9.17, 15) is 0 Å². The van der Waals surface area contributed by atoms with Gasteiger partial charge in [-0.1, -0.05) is 124 Å². The molecule has 1 spiro atoms. The van der Waals surface area contributed by atoms with Gasteiger partial charge in [-0.3, -0.25) is 0 Å². The molecule has 2 saturated carbocycles. The largest absolute Gasteiger partial charge is 0.457 e. The number of nitrogens with zero attached hydrogens (tertiary/aromatic N) is 1. The number of fused-ring (bicyclic) bond motifs is 5. The van der Waals surface area contributed by atoms with E-state index in [4.69, 9.17) is 4.74 Å². The van der Waals surface area contributed by atoms with Crippen molar-refractivity contribution in [1.82, 2.24) is 0 Å². The molecule has 2 heteroatoms. The highest BCUT2D eigenvalue weighted by atomic mass is 16.5. The molecule has 10 rings (SSSR count). The lowest BCUT2D eigenvalue weighted by Crippen LogP contribution is -2.51. The Morgan fingerprint density at radius 3 is 1.92 bits per heavy atom. The number of para-hydroxylation sites is 2. The van der Waals surface area contributed by atoms with Crippen molar-refractivity contribution in [2.45, 2.75) is 63.7 Å². The smallest absolute Gasteiger partial charge is 0.131 e. The quantitative estimate of drug-likeness (QED) is 0.186. The minimum absolute atomic E-state index is 0.0445. The zero-order chi connectivity index (χ0) is 34.3. The second-order valence-electron chi connectivity index (χ2n) is 16.2. The first-order chi connectivity index (χ1) is 24.9. The minimum Gasteiger partial charge on any atom is -0.457 e. The van der Waals surface area contributed by atoms with Crippen LogP contribution >= 0.6 is 0 Å². The third-order valence-corrected chi connectivity index (χ3v) is 13.0. The molecule has 1 unspecified atom stereocenters. The molecule has 2 nitrogen and oxygen atoms in total. The van der Waals surface area contributed by atoms with Crippen molar-refractivity contribution in [3.8, 4) is 33.8 Å². The zero-order valence-corrected chi connectivity index (χ0v) is 29.9. The van der Waals surface area contributed by atoms with Gasteiger partial charge in [0.1, 0.15) is 11.5 Å². The standard InChI is InChI=1S/C49H45NO/c1-32-28-34-16-13-17-35(29-32)49(34)42-21-10-12-23-46(42)51-47-27-25-37(31-44(47)49)50(45-22-11-8-18-38(45)33-14-5-4-6-15-33)36-24-26-40-39-19-7-9-20-41(39)48(2,3)43(40)30-36/h4-12,14-15,18-27,30-32,34-35H,13,16-17,28-29H2,1-3H3/t32-,34-,35+,49?. The van der Waals surface area contributed by atoms with Gasteiger partial charge in [-0.05, 0) is 114 Å². The summed E-state index contributed by atoms with van der Waals surface area (Å²) in [7, 11) is 0. The predicted molar refractivity (Wildman–Crippen MR) is 211 cm³/mol. The fourth-order valence-corrected chi connectivity index (χ4v) is 11.0. The van der Waals surface area contributed by atoms with Gasteiger partial charge >= 0.3 is 0 Å². The Bertz CT molecular complexity index is 2290. The number of hydrogen-bond acceptors (Lipinski definition) is 2. The average molecular weight is 664 g/mol. The van der Waals surface area contributed by atoms with Gasteiger partial charge in [0.15, 0.2) is 0 Å². The van der Waals surface area contributed by atoms with Gasteiger partial charge in [0.2, 0.25) is 0 Å². The molecule has 3 aliphatic carbocycles. The molecule has 0 N–H and O–H groups in total. The van der Waals surface area contributed by atoms with Crippen LogP contribution < -0.4 is 9.64 Å². The van der Waals surface area contributed by atoms with E-state index in [1.807, 2.05) is 0 Å². The minimum atomic E-state index is -0.0970. The van der Waals surface area contributed by atoms with Gasteiger partial charge in [-0.15, -0.1) is 0 Å². The molecule has 4 aliphatic rings. The lowest BCUT2D eigenvalue weighted by atomic mass is 9.47. The Labute approximate surface area is 302 Å². The Morgan fingerprint density at radius 1 is 0.549 bits per heavy atom. The lowest BCUT2D eigenvalue weighted by molar-refractivity contribution is 0.0468. The topological polar surface area (TPSA) is 12.5 Å². The van der Waals surface area contributed by atoms with E-state index in [2.05, 4.69) is 165 Å². The molecule has 1 heterocycles. The van der Waals surface area contributed by atoms with E-state index in [-0.39, 0.29) is 10.8 Å². The van der Waals surface area contributed by atoms with Crippen LogP contribution in [0.15, 0.2) is 140 Å². The van der Waals surface area contributed by atoms with Crippen molar-refractivity contribution in [1.29, 1.82) is 0 Å². The van der Waals surface area contributed by atoms with E-state index in [0.717, 1.165) is 17.4 Å². The normalized spacial score (nSPS) is 23.4. The van der Waals surface area contributed by atoms with Gasteiger partial charge in [0.25, 0.3) is 0 Å². The van der Waals surface area contributed by atoms with Crippen molar-refractivity contribution >= 4 is 17.1 Å². The number of anilines is 3. The Kier molecular flexibility index (Phi) is 6.91. The third-order valence-electron chi connectivity index (χ3n) is 13.0. The Morgan fingerprint density at radius 2 is 1.14 bits per heavy atom. The Balaban J connectivity index is 1.22. The van der Waals surface area contributed by atoms with Crippen molar-refractivity contribution < 1.29 is 4.74 Å². The molecule has 1 aliphatic heterocycles. The SMILES string of the molecule is C[C@@H]1C[C@H]2CCC[C@@H](C1)C21c2ccccc2Oc2ccc(N(c3ccc4c(c3)C(C)(C)c3ccccc3-4)c3ccccc3-c3ccccc3)cc21. The van der Waals surface area contributed by atoms with Crippen molar-refractivity contribution in [2.24, 2.45) is 17.8 Å². The molecule has 51 heavy (non-hydrogen) atoms. The summed E-state index contributed by atoms with van der Waals surface area (Å²) in [4.78, 5) is 2.53. The summed E-state index contributed by atoms with van der Waals surface area (Å²) >= 11 is 0. The average Bonchev–Trinajstić information content (AvgIpc) is 3.38. The predicted octanol–water partition coefficient (Wildman–Crippen LogP) is 13.4. The van der Waals surface area contributed by atoms with Crippen LogP contribution in [0.5, 0.6) is 11.5 Å². The van der Waals surface area contributed by atoms with Gasteiger partial charge in [-0.2, -0.15) is 0 Å². The maximum atomic E-state index is 6.84. The van der Waals surface area contributed by atoms with Crippen molar-refractivity contribution in [3.63, 3.8) is 0 Å². The lowest BCUT2D eigenvalue weighted by Gasteiger charge is -2.57. The van der Waals surface area contributed by atoms with Crippen LogP contribution in [0.1, 0.15) is 75.1 Å². The Hall–Kier alpha value is -5.08. The molecule has 0 saturated heterocycles. The zero-order valence-electron chi connectivity index (χ0n) is 29.9. The third kappa shape index (κ3) is 4.48.